The first-order valence-corrected chi connectivity index (χ1v) is 6.65. The summed E-state index contributed by atoms with van der Waals surface area (Å²) in [6.07, 6.45) is 3.49. The maximum Gasteiger partial charge on any atom is 0.257 e. The van der Waals surface area contributed by atoms with Crippen molar-refractivity contribution < 1.29 is 4.79 Å². The van der Waals surface area contributed by atoms with E-state index in [1.807, 2.05) is 49.8 Å². The van der Waals surface area contributed by atoms with Crippen molar-refractivity contribution in [3.63, 3.8) is 0 Å². The molecule has 0 spiro atoms. The third-order valence-electron chi connectivity index (χ3n) is 3.08. The minimum Gasteiger partial charge on any atom is -0.387 e. The maximum atomic E-state index is 12.3. The molecule has 106 valence electrons. The lowest BCUT2D eigenvalue weighted by Gasteiger charge is -2.10. The Morgan fingerprint density at radius 3 is 2.70 bits per heavy atom. The largest absolute Gasteiger partial charge is 0.387 e. The van der Waals surface area contributed by atoms with Gasteiger partial charge in [0.05, 0.1) is 17.4 Å². The van der Waals surface area contributed by atoms with Crippen LogP contribution in [0.1, 0.15) is 35.8 Å². The summed E-state index contributed by atoms with van der Waals surface area (Å²) in [4.78, 5) is 12.3. The summed E-state index contributed by atoms with van der Waals surface area (Å²) in [6, 6.07) is 6.02. The Labute approximate surface area is 119 Å². The van der Waals surface area contributed by atoms with Gasteiger partial charge >= 0.3 is 0 Å². The fraction of sp³-hybridized carbons (Fsp3) is 0.333. The Morgan fingerprint density at radius 1 is 1.35 bits per heavy atom. The summed E-state index contributed by atoms with van der Waals surface area (Å²) in [5.74, 6) is -0.138. The number of aromatic nitrogens is 2. The van der Waals surface area contributed by atoms with E-state index in [0.29, 0.717) is 11.3 Å². The predicted molar refractivity (Wildman–Crippen MR) is 81.3 cm³/mol. The van der Waals surface area contributed by atoms with E-state index in [-0.39, 0.29) is 11.9 Å². The van der Waals surface area contributed by atoms with Gasteiger partial charge < -0.3 is 10.6 Å². The van der Waals surface area contributed by atoms with E-state index in [1.54, 1.807) is 13.2 Å². The molecule has 2 N–H and O–H groups in total. The molecule has 0 saturated heterocycles. The average Bonchev–Trinajstić information content (AvgIpc) is 2.87. The van der Waals surface area contributed by atoms with Crippen molar-refractivity contribution in [1.82, 2.24) is 9.78 Å². The minimum atomic E-state index is -0.138. The molecule has 0 bridgehead atoms. The normalized spacial score (nSPS) is 10.7. The van der Waals surface area contributed by atoms with E-state index in [9.17, 15) is 4.79 Å². The molecule has 0 atom stereocenters. The van der Waals surface area contributed by atoms with E-state index < -0.39 is 0 Å². The highest BCUT2D eigenvalue weighted by atomic mass is 16.1. The fourth-order valence-electron chi connectivity index (χ4n) is 1.95. The van der Waals surface area contributed by atoms with Gasteiger partial charge in [-0.05, 0) is 32.9 Å². The molecular formula is C15H20N4O. The third kappa shape index (κ3) is 2.99. The fourth-order valence-corrected chi connectivity index (χ4v) is 1.95. The van der Waals surface area contributed by atoms with Crippen LogP contribution >= 0.6 is 0 Å². The van der Waals surface area contributed by atoms with Crippen LogP contribution in [0, 0.1) is 6.92 Å². The highest BCUT2D eigenvalue weighted by Crippen LogP contribution is 2.19. The summed E-state index contributed by atoms with van der Waals surface area (Å²) in [5, 5.41) is 10.1. The average molecular weight is 272 g/mol. The summed E-state index contributed by atoms with van der Waals surface area (Å²) < 4.78 is 1.81. The van der Waals surface area contributed by atoms with Crippen LogP contribution in [0.2, 0.25) is 0 Å². The molecule has 20 heavy (non-hydrogen) atoms. The number of rotatable bonds is 4. The Bertz CT molecular complexity index is 616. The van der Waals surface area contributed by atoms with Gasteiger partial charge in [0.15, 0.2) is 0 Å². The molecule has 0 aliphatic carbocycles. The van der Waals surface area contributed by atoms with Gasteiger partial charge in [0.2, 0.25) is 0 Å². The first-order chi connectivity index (χ1) is 9.51. The van der Waals surface area contributed by atoms with Crippen LogP contribution in [0.15, 0.2) is 30.6 Å². The Balaban J connectivity index is 2.21. The summed E-state index contributed by atoms with van der Waals surface area (Å²) in [7, 11) is 1.80. The zero-order valence-electron chi connectivity index (χ0n) is 12.3. The van der Waals surface area contributed by atoms with E-state index in [4.69, 9.17) is 0 Å². The Morgan fingerprint density at radius 2 is 2.10 bits per heavy atom. The number of anilines is 2. The predicted octanol–water partition coefficient (Wildman–Crippen LogP) is 3.07. The molecule has 0 saturated carbocycles. The van der Waals surface area contributed by atoms with Crippen LogP contribution < -0.4 is 10.6 Å². The number of hydrogen-bond donors (Lipinski definition) is 2. The second-order valence-corrected chi connectivity index (χ2v) is 5.06. The number of nitrogens with zero attached hydrogens (tertiary/aromatic N) is 2. The van der Waals surface area contributed by atoms with Crippen LogP contribution in [0.5, 0.6) is 0 Å². The second-order valence-electron chi connectivity index (χ2n) is 5.06. The lowest BCUT2D eigenvalue weighted by molar-refractivity contribution is 0.102. The molecule has 2 aromatic rings. The number of carbonyl (C=O) groups excluding carboxylic acids is 1. The van der Waals surface area contributed by atoms with Gasteiger partial charge in [-0.3, -0.25) is 9.48 Å². The molecule has 0 radical (unpaired) electrons. The van der Waals surface area contributed by atoms with Crippen molar-refractivity contribution in [1.29, 1.82) is 0 Å². The zero-order valence-corrected chi connectivity index (χ0v) is 12.3. The molecule has 0 aliphatic rings. The van der Waals surface area contributed by atoms with Crippen molar-refractivity contribution in [3.05, 3.63) is 41.7 Å². The van der Waals surface area contributed by atoms with Gasteiger partial charge in [0.1, 0.15) is 0 Å². The Hall–Kier alpha value is -2.30. The minimum absolute atomic E-state index is 0.138. The number of carbonyl (C=O) groups is 1. The third-order valence-corrected chi connectivity index (χ3v) is 3.08. The van der Waals surface area contributed by atoms with Crippen molar-refractivity contribution in [3.8, 4) is 0 Å². The topological polar surface area (TPSA) is 59.0 Å². The number of hydrogen-bond acceptors (Lipinski definition) is 3. The molecule has 1 heterocycles. The van der Waals surface area contributed by atoms with Gasteiger partial charge in [0, 0.05) is 25.0 Å². The molecule has 1 aromatic heterocycles. The molecule has 1 amide bonds. The van der Waals surface area contributed by atoms with Gasteiger partial charge in [-0.1, -0.05) is 11.6 Å². The van der Waals surface area contributed by atoms with Crippen LogP contribution in [-0.4, -0.2) is 22.7 Å². The van der Waals surface area contributed by atoms with E-state index in [2.05, 4.69) is 15.7 Å². The number of nitrogens with one attached hydrogen (secondary N) is 2. The number of amides is 1. The SMILES string of the molecule is CNc1ccc(C)cc1C(=O)Nc1cnn(C(C)C)c1. The highest BCUT2D eigenvalue weighted by Gasteiger charge is 2.12. The molecule has 2 rings (SSSR count). The van der Waals surface area contributed by atoms with E-state index in [0.717, 1.165) is 11.3 Å². The van der Waals surface area contributed by atoms with Gasteiger partial charge in [0.25, 0.3) is 5.91 Å². The van der Waals surface area contributed by atoms with Crippen LogP contribution in [0.25, 0.3) is 0 Å². The van der Waals surface area contributed by atoms with Crippen LogP contribution in [-0.2, 0) is 0 Å². The van der Waals surface area contributed by atoms with Crippen LogP contribution in [0.3, 0.4) is 0 Å². The highest BCUT2D eigenvalue weighted by molar-refractivity contribution is 6.08. The van der Waals surface area contributed by atoms with Crippen molar-refractivity contribution in [2.45, 2.75) is 26.8 Å². The smallest absolute Gasteiger partial charge is 0.257 e. The zero-order chi connectivity index (χ0) is 14.7. The summed E-state index contributed by atoms with van der Waals surface area (Å²) in [6.45, 7) is 6.05. The molecule has 0 aliphatic heterocycles. The van der Waals surface area contributed by atoms with Gasteiger partial charge in [-0.25, -0.2) is 0 Å². The van der Waals surface area contributed by atoms with Crippen LogP contribution in [0.4, 0.5) is 11.4 Å². The second kappa shape index (κ2) is 5.77. The van der Waals surface area contributed by atoms with Gasteiger partial charge in [-0.2, -0.15) is 5.10 Å². The Kier molecular flexibility index (Phi) is 4.08. The lowest BCUT2D eigenvalue weighted by Crippen LogP contribution is -2.14. The van der Waals surface area contributed by atoms with E-state index >= 15 is 0 Å². The molecule has 1 aromatic carbocycles. The number of aryl methyl sites for hydroxylation is 1. The first kappa shape index (κ1) is 14.1. The molecule has 0 unspecified atom stereocenters. The summed E-state index contributed by atoms with van der Waals surface area (Å²) in [5.41, 5.74) is 3.19. The van der Waals surface area contributed by atoms with Crippen molar-refractivity contribution >= 4 is 17.3 Å². The van der Waals surface area contributed by atoms with Crippen molar-refractivity contribution in [2.75, 3.05) is 17.7 Å². The monoisotopic (exact) mass is 272 g/mol. The molecule has 0 fully saturated rings. The first-order valence-electron chi connectivity index (χ1n) is 6.65. The molecular weight excluding hydrogens is 252 g/mol. The summed E-state index contributed by atoms with van der Waals surface area (Å²) >= 11 is 0. The maximum absolute atomic E-state index is 12.3. The molecule has 5 nitrogen and oxygen atoms in total. The van der Waals surface area contributed by atoms with Crippen molar-refractivity contribution in [2.24, 2.45) is 0 Å². The standard InChI is InChI=1S/C15H20N4O/c1-10(2)19-9-12(8-17-19)18-15(20)13-7-11(3)5-6-14(13)16-4/h5-10,16H,1-4H3,(H,18,20). The number of benzene rings is 1. The molecule has 5 heteroatoms. The van der Waals surface area contributed by atoms with E-state index in [1.165, 1.54) is 0 Å². The van der Waals surface area contributed by atoms with Gasteiger partial charge in [-0.15, -0.1) is 0 Å². The quantitative estimate of drug-likeness (QED) is 0.899. The lowest BCUT2D eigenvalue weighted by atomic mass is 10.1.